The van der Waals surface area contributed by atoms with Crippen LogP contribution >= 0.6 is 11.6 Å². The minimum atomic E-state index is -0.168. The molecule has 0 saturated carbocycles. The van der Waals surface area contributed by atoms with Gasteiger partial charge in [0, 0.05) is 42.1 Å². The van der Waals surface area contributed by atoms with Crippen molar-refractivity contribution in [2.24, 2.45) is 0 Å². The van der Waals surface area contributed by atoms with Crippen LogP contribution in [0, 0.1) is 0 Å². The Morgan fingerprint density at radius 2 is 1.85 bits per heavy atom. The molecule has 1 aliphatic rings. The van der Waals surface area contributed by atoms with Gasteiger partial charge in [-0.25, -0.2) is 0 Å². The van der Waals surface area contributed by atoms with Gasteiger partial charge in [-0.2, -0.15) is 0 Å². The second kappa shape index (κ2) is 7.02. The number of piperazine rings is 1. The lowest BCUT2D eigenvalue weighted by atomic mass is 10.2. The summed E-state index contributed by atoms with van der Waals surface area (Å²) in [6.45, 7) is 3.84. The molecular formula is C20H21ClN4O. The van der Waals surface area contributed by atoms with Crippen LogP contribution in [-0.4, -0.2) is 49.0 Å². The van der Waals surface area contributed by atoms with Gasteiger partial charge in [0.15, 0.2) is 0 Å². The minimum Gasteiger partial charge on any atom is -0.367 e. The predicted octanol–water partition coefficient (Wildman–Crippen LogP) is 3.83. The van der Waals surface area contributed by atoms with Gasteiger partial charge in [0.1, 0.15) is 5.69 Å². The highest BCUT2D eigenvalue weighted by atomic mass is 35.5. The van der Waals surface area contributed by atoms with Crippen molar-refractivity contribution in [1.82, 2.24) is 9.88 Å². The Labute approximate surface area is 157 Å². The summed E-state index contributed by atoms with van der Waals surface area (Å²) >= 11 is 6.19. The number of fused-ring (bicyclic) bond motifs is 1. The Kier molecular flexibility index (Phi) is 4.57. The van der Waals surface area contributed by atoms with Crippen molar-refractivity contribution in [3.05, 3.63) is 59.2 Å². The molecule has 4 rings (SSSR count). The van der Waals surface area contributed by atoms with E-state index in [2.05, 4.69) is 27.1 Å². The van der Waals surface area contributed by atoms with Gasteiger partial charge in [-0.3, -0.25) is 4.79 Å². The monoisotopic (exact) mass is 368 g/mol. The SMILES string of the molecule is CN1CCN(c2ccc(Cl)cc2NC(=O)c2cc3ccccc3[nH]2)CC1. The quantitative estimate of drug-likeness (QED) is 0.738. The number of likely N-dealkylation sites (N-methyl/N-ethyl adjacent to an activating group) is 1. The molecule has 1 saturated heterocycles. The Morgan fingerprint density at radius 3 is 2.62 bits per heavy atom. The smallest absolute Gasteiger partial charge is 0.272 e. The number of benzene rings is 2. The zero-order valence-electron chi connectivity index (χ0n) is 14.6. The van der Waals surface area contributed by atoms with Crippen molar-refractivity contribution >= 4 is 39.8 Å². The number of carbonyl (C=O) groups is 1. The van der Waals surface area contributed by atoms with Crippen molar-refractivity contribution in [1.29, 1.82) is 0 Å². The van der Waals surface area contributed by atoms with Crippen molar-refractivity contribution in [2.75, 3.05) is 43.4 Å². The minimum absolute atomic E-state index is 0.168. The number of aromatic nitrogens is 1. The molecule has 134 valence electrons. The van der Waals surface area contributed by atoms with Crippen LogP contribution in [0.25, 0.3) is 10.9 Å². The van der Waals surface area contributed by atoms with E-state index in [1.54, 1.807) is 0 Å². The molecular weight excluding hydrogens is 348 g/mol. The summed E-state index contributed by atoms with van der Waals surface area (Å²) in [5, 5.41) is 4.65. The Balaban J connectivity index is 1.60. The number of hydrogen-bond donors (Lipinski definition) is 2. The van der Waals surface area contributed by atoms with Crippen molar-refractivity contribution in [2.45, 2.75) is 0 Å². The summed E-state index contributed by atoms with van der Waals surface area (Å²) < 4.78 is 0. The van der Waals surface area contributed by atoms with E-state index in [-0.39, 0.29) is 5.91 Å². The first kappa shape index (κ1) is 16.9. The molecule has 26 heavy (non-hydrogen) atoms. The molecule has 5 nitrogen and oxygen atoms in total. The molecule has 6 heteroatoms. The van der Waals surface area contributed by atoms with Crippen LogP contribution in [0.1, 0.15) is 10.5 Å². The molecule has 0 aliphatic carbocycles. The summed E-state index contributed by atoms with van der Waals surface area (Å²) in [7, 11) is 2.12. The maximum absolute atomic E-state index is 12.8. The highest BCUT2D eigenvalue weighted by Gasteiger charge is 2.19. The largest absolute Gasteiger partial charge is 0.367 e. The number of para-hydroxylation sites is 1. The number of aromatic amines is 1. The predicted molar refractivity (Wildman–Crippen MR) is 107 cm³/mol. The number of rotatable bonds is 3. The fourth-order valence-corrected chi connectivity index (χ4v) is 3.49. The first-order valence-electron chi connectivity index (χ1n) is 8.72. The summed E-state index contributed by atoms with van der Waals surface area (Å²) in [5.41, 5.74) is 3.23. The molecule has 0 unspecified atom stereocenters. The van der Waals surface area contributed by atoms with Crippen molar-refractivity contribution < 1.29 is 4.79 Å². The fraction of sp³-hybridized carbons (Fsp3) is 0.250. The summed E-state index contributed by atoms with van der Waals surface area (Å²) in [6, 6.07) is 15.4. The number of amides is 1. The van der Waals surface area contributed by atoms with E-state index in [9.17, 15) is 4.79 Å². The summed E-state index contributed by atoms with van der Waals surface area (Å²) in [5.74, 6) is -0.168. The molecule has 3 aromatic rings. The molecule has 1 aromatic heterocycles. The van der Waals surface area contributed by atoms with E-state index >= 15 is 0 Å². The summed E-state index contributed by atoms with van der Waals surface area (Å²) in [4.78, 5) is 20.5. The number of anilines is 2. The van der Waals surface area contributed by atoms with E-state index in [4.69, 9.17) is 11.6 Å². The average molecular weight is 369 g/mol. The molecule has 1 fully saturated rings. The Bertz CT molecular complexity index is 911. The van der Waals surface area contributed by atoms with E-state index < -0.39 is 0 Å². The van der Waals surface area contributed by atoms with E-state index in [1.165, 1.54) is 0 Å². The van der Waals surface area contributed by atoms with E-state index in [0.29, 0.717) is 10.7 Å². The van der Waals surface area contributed by atoms with Crippen LogP contribution < -0.4 is 10.2 Å². The van der Waals surface area contributed by atoms with Gasteiger partial charge < -0.3 is 20.1 Å². The van der Waals surface area contributed by atoms with E-state index in [1.807, 2.05) is 48.5 Å². The van der Waals surface area contributed by atoms with Gasteiger partial charge in [-0.1, -0.05) is 29.8 Å². The first-order valence-corrected chi connectivity index (χ1v) is 9.10. The molecule has 1 amide bonds. The van der Waals surface area contributed by atoms with Crippen LogP contribution in [0.4, 0.5) is 11.4 Å². The van der Waals surface area contributed by atoms with Gasteiger partial charge in [0.25, 0.3) is 5.91 Å². The summed E-state index contributed by atoms with van der Waals surface area (Å²) in [6.07, 6.45) is 0. The molecule has 2 heterocycles. The van der Waals surface area contributed by atoms with Gasteiger partial charge in [0.2, 0.25) is 0 Å². The molecule has 0 spiro atoms. The van der Waals surface area contributed by atoms with Crippen LogP contribution in [0.2, 0.25) is 5.02 Å². The van der Waals surface area contributed by atoms with Gasteiger partial charge >= 0.3 is 0 Å². The highest BCUT2D eigenvalue weighted by Crippen LogP contribution is 2.30. The second-order valence-electron chi connectivity index (χ2n) is 6.68. The lowest BCUT2D eigenvalue weighted by Crippen LogP contribution is -2.44. The number of hydrogen-bond acceptors (Lipinski definition) is 3. The third kappa shape index (κ3) is 3.41. The zero-order valence-corrected chi connectivity index (χ0v) is 15.4. The van der Waals surface area contributed by atoms with Crippen molar-refractivity contribution in [3.8, 4) is 0 Å². The lowest BCUT2D eigenvalue weighted by molar-refractivity contribution is 0.102. The number of nitrogens with one attached hydrogen (secondary N) is 2. The number of carbonyl (C=O) groups excluding carboxylic acids is 1. The third-order valence-corrected chi connectivity index (χ3v) is 5.06. The van der Waals surface area contributed by atoms with Crippen LogP contribution in [0.15, 0.2) is 48.5 Å². The molecule has 0 bridgehead atoms. The first-order chi connectivity index (χ1) is 12.6. The molecule has 0 radical (unpaired) electrons. The maximum atomic E-state index is 12.8. The molecule has 2 aromatic carbocycles. The molecule has 2 N–H and O–H groups in total. The van der Waals surface area contributed by atoms with Gasteiger partial charge in [-0.05, 0) is 37.4 Å². The van der Waals surface area contributed by atoms with Crippen LogP contribution in [0.5, 0.6) is 0 Å². The topological polar surface area (TPSA) is 51.4 Å². The average Bonchev–Trinajstić information content (AvgIpc) is 3.07. The number of nitrogens with zero attached hydrogens (tertiary/aromatic N) is 2. The van der Waals surface area contributed by atoms with E-state index in [0.717, 1.165) is 48.5 Å². The number of halogens is 1. The maximum Gasteiger partial charge on any atom is 0.272 e. The van der Waals surface area contributed by atoms with Gasteiger partial charge in [-0.15, -0.1) is 0 Å². The number of H-pyrrole nitrogens is 1. The van der Waals surface area contributed by atoms with Crippen LogP contribution in [0.3, 0.4) is 0 Å². The Morgan fingerprint density at radius 1 is 1.08 bits per heavy atom. The molecule has 0 atom stereocenters. The van der Waals surface area contributed by atoms with Crippen molar-refractivity contribution in [3.63, 3.8) is 0 Å². The highest BCUT2D eigenvalue weighted by molar-refractivity contribution is 6.31. The zero-order chi connectivity index (χ0) is 18.1. The standard InChI is InChI=1S/C20H21ClN4O/c1-24-8-10-25(11-9-24)19-7-6-15(21)13-17(19)23-20(26)18-12-14-4-2-3-5-16(14)22-18/h2-7,12-13,22H,8-11H2,1H3,(H,23,26). The third-order valence-electron chi connectivity index (χ3n) is 4.83. The van der Waals surface area contributed by atoms with Crippen LogP contribution in [-0.2, 0) is 0 Å². The fourth-order valence-electron chi connectivity index (χ4n) is 3.32. The lowest BCUT2D eigenvalue weighted by Gasteiger charge is -2.35. The normalized spacial score (nSPS) is 15.4. The Hall–Kier alpha value is -2.50. The molecule has 1 aliphatic heterocycles. The second-order valence-corrected chi connectivity index (χ2v) is 7.11. The van der Waals surface area contributed by atoms with Gasteiger partial charge in [0.05, 0.1) is 11.4 Å².